The molecule has 1 saturated heterocycles. The lowest BCUT2D eigenvalue weighted by atomic mass is 10.0. The van der Waals surface area contributed by atoms with Crippen LogP contribution in [0.1, 0.15) is 32.6 Å². The Morgan fingerprint density at radius 1 is 1.36 bits per heavy atom. The van der Waals surface area contributed by atoms with Gasteiger partial charge in [0.25, 0.3) is 0 Å². The quantitative estimate of drug-likeness (QED) is 0.712. The SMILES string of the molecule is CC1CCCN(OC(=O)C2CC2)C1.Cl. The summed E-state index contributed by atoms with van der Waals surface area (Å²) in [6, 6.07) is 0. The van der Waals surface area contributed by atoms with Gasteiger partial charge in [0, 0.05) is 13.1 Å². The van der Waals surface area contributed by atoms with Crippen molar-refractivity contribution in [3.8, 4) is 0 Å². The molecule has 0 spiro atoms. The fourth-order valence-corrected chi connectivity index (χ4v) is 1.75. The molecule has 0 aromatic carbocycles. The van der Waals surface area contributed by atoms with E-state index in [2.05, 4.69) is 6.92 Å². The number of carbonyl (C=O) groups excluding carboxylic acids is 1. The molecular formula is C10H18ClNO2. The molecule has 1 aliphatic carbocycles. The van der Waals surface area contributed by atoms with E-state index in [0.717, 1.165) is 32.4 Å². The molecule has 0 amide bonds. The van der Waals surface area contributed by atoms with Gasteiger partial charge >= 0.3 is 5.97 Å². The van der Waals surface area contributed by atoms with Gasteiger partial charge in [0.15, 0.2) is 0 Å². The van der Waals surface area contributed by atoms with Gasteiger partial charge in [0.2, 0.25) is 0 Å². The van der Waals surface area contributed by atoms with E-state index >= 15 is 0 Å². The summed E-state index contributed by atoms with van der Waals surface area (Å²) in [6.07, 6.45) is 4.47. The van der Waals surface area contributed by atoms with Crippen molar-refractivity contribution in [1.82, 2.24) is 5.06 Å². The van der Waals surface area contributed by atoms with Crippen LogP contribution in [0.2, 0.25) is 0 Å². The first-order valence-electron chi connectivity index (χ1n) is 5.22. The Hall–Kier alpha value is -0.280. The van der Waals surface area contributed by atoms with E-state index in [-0.39, 0.29) is 24.3 Å². The Labute approximate surface area is 91.2 Å². The number of rotatable bonds is 2. The summed E-state index contributed by atoms with van der Waals surface area (Å²) in [5.74, 6) is 0.882. The summed E-state index contributed by atoms with van der Waals surface area (Å²) in [5.41, 5.74) is 0. The first-order chi connectivity index (χ1) is 6.25. The molecule has 14 heavy (non-hydrogen) atoms. The van der Waals surface area contributed by atoms with E-state index in [1.165, 1.54) is 6.42 Å². The zero-order valence-corrected chi connectivity index (χ0v) is 9.39. The predicted octanol–water partition coefficient (Wildman–Crippen LogP) is 2.01. The number of nitrogens with zero attached hydrogens (tertiary/aromatic N) is 1. The number of hydrogen-bond acceptors (Lipinski definition) is 3. The van der Waals surface area contributed by atoms with Gasteiger partial charge in [-0.15, -0.1) is 17.5 Å². The normalized spacial score (nSPS) is 27.9. The van der Waals surface area contributed by atoms with E-state index in [1.807, 2.05) is 5.06 Å². The van der Waals surface area contributed by atoms with E-state index in [4.69, 9.17) is 4.84 Å². The van der Waals surface area contributed by atoms with Crippen LogP contribution in [0.25, 0.3) is 0 Å². The van der Waals surface area contributed by atoms with Crippen molar-refractivity contribution >= 4 is 18.4 Å². The zero-order chi connectivity index (χ0) is 9.26. The molecule has 1 unspecified atom stereocenters. The highest BCUT2D eigenvalue weighted by molar-refractivity contribution is 5.85. The first-order valence-corrected chi connectivity index (χ1v) is 5.22. The van der Waals surface area contributed by atoms with E-state index in [1.54, 1.807) is 0 Å². The molecule has 0 radical (unpaired) electrons. The van der Waals surface area contributed by atoms with Crippen molar-refractivity contribution in [2.24, 2.45) is 11.8 Å². The van der Waals surface area contributed by atoms with Gasteiger partial charge in [-0.1, -0.05) is 6.92 Å². The molecule has 2 fully saturated rings. The second-order valence-electron chi connectivity index (χ2n) is 4.32. The number of hydrogen-bond donors (Lipinski definition) is 0. The van der Waals surface area contributed by atoms with Crippen LogP contribution in [0.3, 0.4) is 0 Å². The van der Waals surface area contributed by atoms with Crippen LogP contribution < -0.4 is 0 Å². The average molecular weight is 220 g/mol. The number of piperidine rings is 1. The molecule has 82 valence electrons. The Balaban J connectivity index is 0.000000980. The van der Waals surface area contributed by atoms with Crippen LogP contribution in [-0.2, 0) is 9.63 Å². The molecule has 1 atom stereocenters. The molecule has 2 rings (SSSR count). The molecule has 3 nitrogen and oxygen atoms in total. The summed E-state index contributed by atoms with van der Waals surface area (Å²) < 4.78 is 0. The highest BCUT2D eigenvalue weighted by Gasteiger charge is 2.33. The van der Waals surface area contributed by atoms with Crippen LogP contribution in [-0.4, -0.2) is 24.1 Å². The van der Waals surface area contributed by atoms with Crippen molar-refractivity contribution in [1.29, 1.82) is 0 Å². The first kappa shape index (κ1) is 11.8. The third kappa shape index (κ3) is 3.14. The molecule has 0 aromatic heterocycles. The van der Waals surface area contributed by atoms with Gasteiger partial charge in [-0.05, 0) is 31.6 Å². The van der Waals surface area contributed by atoms with Gasteiger partial charge < -0.3 is 4.84 Å². The summed E-state index contributed by atoms with van der Waals surface area (Å²) in [5, 5.41) is 1.84. The average Bonchev–Trinajstić information content (AvgIpc) is 2.85. The predicted molar refractivity (Wildman–Crippen MR) is 56.0 cm³/mol. The van der Waals surface area contributed by atoms with Gasteiger partial charge in [0.1, 0.15) is 0 Å². The highest BCUT2D eigenvalue weighted by Crippen LogP contribution is 2.30. The summed E-state index contributed by atoms with van der Waals surface area (Å²) in [4.78, 5) is 16.6. The van der Waals surface area contributed by atoms with Crippen LogP contribution >= 0.6 is 12.4 Å². The van der Waals surface area contributed by atoms with Crippen molar-refractivity contribution in [2.45, 2.75) is 32.6 Å². The number of hydroxylamine groups is 2. The lowest BCUT2D eigenvalue weighted by molar-refractivity contribution is -0.199. The van der Waals surface area contributed by atoms with Crippen LogP contribution in [0.4, 0.5) is 0 Å². The number of halogens is 1. The maximum Gasteiger partial charge on any atom is 0.328 e. The lowest BCUT2D eigenvalue weighted by Gasteiger charge is -2.28. The summed E-state index contributed by atoms with van der Waals surface area (Å²) in [7, 11) is 0. The maximum absolute atomic E-state index is 11.3. The monoisotopic (exact) mass is 219 g/mol. The van der Waals surface area contributed by atoms with Crippen LogP contribution in [0.5, 0.6) is 0 Å². The largest absolute Gasteiger partial charge is 0.368 e. The zero-order valence-electron chi connectivity index (χ0n) is 8.57. The van der Waals surface area contributed by atoms with Crippen LogP contribution in [0, 0.1) is 11.8 Å². The van der Waals surface area contributed by atoms with Gasteiger partial charge in [-0.2, -0.15) is 0 Å². The Kier molecular flexibility index (Phi) is 4.20. The molecule has 1 aliphatic heterocycles. The Morgan fingerprint density at radius 3 is 2.64 bits per heavy atom. The van der Waals surface area contributed by atoms with Crippen LogP contribution in [0.15, 0.2) is 0 Å². The standard InChI is InChI=1S/C10H17NO2.ClH/c1-8-3-2-6-11(7-8)13-10(12)9-4-5-9;/h8-9H,2-7H2,1H3;1H. The minimum absolute atomic E-state index is 0. The lowest BCUT2D eigenvalue weighted by Crippen LogP contribution is -2.36. The second-order valence-corrected chi connectivity index (χ2v) is 4.32. The maximum atomic E-state index is 11.3. The van der Waals surface area contributed by atoms with Crippen molar-refractivity contribution in [3.63, 3.8) is 0 Å². The summed E-state index contributed by atoms with van der Waals surface area (Å²) in [6.45, 7) is 4.04. The Morgan fingerprint density at radius 2 is 2.07 bits per heavy atom. The van der Waals surface area contributed by atoms with Gasteiger partial charge in [-0.3, -0.25) is 4.79 Å². The minimum Gasteiger partial charge on any atom is -0.368 e. The van der Waals surface area contributed by atoms with E-state index < -0.39 is 0 Å². The fourth-order valence-electron chi connectivity index (χ4n) is 1.75. The van der Waals surface area contributed by atoms with Crippen molar-refractivity contribution in [2.75, 3.05) is 13.1 Å². The van der Waals surface area contributed by atoms with Gasteiger partial charge in [0.05, 0.1) is 5.92 Å². The second kappa shape index (κ2) is 4.99. The van der Waals surface area contributed by atoms with Crippen molar-refractivity contribution < 1.29 is 9.63 Å². The topological polar surface area (TPSA) is 29.5 Å². The third-order valence-electron chi connectivity index (χ3n) is 2.75. The summed E-state index contributed by atoms with van der Waals surface area (Å²) >= 11 is 0. The highest BCUT2D eigenvalue weighted by atomic mass is 35.5. The Bertz CT molecular complexity index is 206. The molecule has 1 heterocycles. The molecule has 0 bridgehead atoms. The van der Waals surface area contributed by atoms with E-state index in [0.29, 0.717) is 5.92 Å². The molecule has 1 saturated carbocycles. The molecular weight excluding hydrogens is 202 g/mol. The van der Waals surface area contributed by atoms with Crippen molar-refractivity contribution in [3.05, 3.63) is 0 Å². The van der Waals surface area contributed by atoms with E-state index in [9.17, 15) is 4.79 Å². The fraction of sp³-hybridized carbons (Fsp3) is 0.900. The minimum atomic E-state index is -0.00546. The molecule has 2 aliphatic rings. The number of carbonyl (C=O) groups is 1. The third-order valence-corrected chi connectivity index (χ3v) is 2.75. The molecule has 4 heteroatoms. The molecule has 0 N–H and O–H groups in total. The van der Waals surface area contributed by atoms with Gasteiger partial charge in [-0.25, -0.2) is 0 Å². The smallest absolute Gasteiger partial charge is 0.328 e. The molecule has 0 aromatic rings.